The number of rotatable bonds is 5. The Morgan fingerprint density at radius 2 is 1.79 bits per heavy atom. The Hall–Kier alpha value is -2.85. The molecule has 5 heteroatoms. The van der Waals surface area contributed by atoms with Gasteiger partial charge in [-0.1, -0.05) is 37.6 Å². The van der Waals surface area contributed by atoms with Gasteiger partial charge in [-0.3, -0.25) is 4.99 Å². The van der Waals surface area contributed by atoms with E-state index in [9.17, 15) is 4.79 Å². The number of hydrogen-bond donors (Lipinski definition) is 1. The summed E-state index contributed by atoms with van der Waals surface area (Å²) in [5, 5.41) is 9.38. The molecular weight excluding hydrogens is 372 g/mol. The second-order valence-electron chi connectivity index (χ2n) is 7.14. The topological polar surface area (TPSA) is 54.6 Å². The molecule has 1 aromatic heterocycles. The molecular formula is C23H23ClN2O2. The lowest BCUT2D eigenvalue weighted by molar-refractivity contribution is 0.0697. The monoisotopic (exact) mass is 394 g/mol. The SMILES string of the molecule is Cc1cc(C=Nc2ccc(C(C)C)cc2)c(C)n1-c1ccc(C(=O)O)c(Cl)c1. The van der Waals surface area contributed by atoms with E-state index in [-0.39, 0.29) is 10.6 Å². The van der Waals surface area contributed by atoms with E-state index in [4.69, 9.17) is 16.7 Å². The third-order valence-electron chi connectivity index (χ3n) is 4.82. The van der Waals surface area contributed by atoms with E-state index in [1.165, 1.54) is 11.6 Å². The molecule has 0 aliphatic heterocycles. The lowest BCUT2D eigenvalue weighted by Crippen LogP contribution is -2.02. The molecule has 0 saturated carbocycles. The minimum Gasteiger partial charge on any atom is -0.478 e. The zero-order valence-electron chi connectivity index (χ0n) is 16.4. The average Bonchev–Trinajstić information content (AvgIpc) is 2.93. The maximum Gasteiger partial charge on any atom is 0.337 e. The number of nitrogens with zero attached hydrogens (tertiary/aromatic N) is 2. The van der Waals surface area contributed by atoms with Crippen LogP contribution in [0.15, 0.2) is 53.5 Å². The smallest absolute Gasteiger partial charge is 0.337 e. The van der Waals surface area contributed by atoms with Gasteiger partial charge in [-0.2, -0.15) is 0 Å². The maximum atomic E-state index is 11.2. The molecule has 4 nitrogen and oxygen atoms in total. The number of carbonyl (C=O) groups is 1. The molecule has 28 heavy (non-hydrogen) atoms. The highest BCUT2D eigenvalue weighted by atomic mass is 35.5. The molecule has 1 heterocycles. The first-order valence-electron chi connectivity index (χ1n) is 9.14. The van der Waals surface area contributed by atoms with E-state index in [0.29, 0.717) is 5.92 Å². The fourth-order valence-electron chi connectivity index (χ4n) is 3.22. The highest BCUT2D eigenvalue weighted by molar-refractivity contribution is 6.33. The number of aromatic carboxylic acids is 1. The second-order valence-corrected chi connectivity index (χ2v) is 7.54. The number of hydrogen-bond acceptors (Lipinski definition) is 2. The van der Waals surface area contributed by atoms with E-state index >= 15 is 0 Å². The molecule has 0 aliphatic rings. The molecule has 0 atom stereocenters. The second kappa shape index (κ2) is 8.03. The molecule has 0 spiro atoms. The van der Waals surface area contributed by atoms with Gasteiger partial charge < -0.3 is 9.67 Å². The van der Waals surface area contributed by atoms with Crippen LogP contribution in [0.25, 0.3) is 5.69 Å². The van der Waals surface area contributed by atoms with Gasteiger partial charge in [-0.15, -0.1) is 0 Å². The van der Waals surface area contributed by atoms with Crippen LogP contribution in [0.5, 0.6) is 0 Å². The highest BCUT2D eigenvalue weighted by Gasteiger charge is 2.13. The van der Waals surface area contributed by atoms with Crippen molar-refractivity contribution in [3.8, 4) is 5.69 Å². The largest absolute Gasteiger partial charge is 0.478 e. The number of carboxylic acid groups (broad SMARTS) is 1. The molecule has 3 aromatic rings. The van der Waals surface area contributed by atoms with Crippen LogP contribution >= 0.6 is 11.6 Å². The molecule has 0 aliphatic carbocycles. The van der Waals surface area contributed by atoms with Crippen LogP contribution in [0.4, 0.5) is 5.69 Å². The van der Waals surface area contributed by atoms with Crippen LogP contribution in [0.1, 0.15) is 52.6 Å². The fraction of sp³-hybridized carbons (Fsp3) is 0.217. The lowest BCUT2D eigenvalue weighted by atomic mass is 10.0. The number of aryl methyl sites for hydroxylation is 1. The average molecular weight is 395 g/mol. The van der Waals surface area contributed by atoms with Crippen LogP contribution in [0.2, 0.25) is 5.02 Å². The van der Waals surface area contributed by atoms with Crippen molar-refractivity contribution in [3.63, 3.8) is 0 Å². The van der Waals surface area contributed by atoms with Crippen LogP contribution in [0, 0.1) is 13.8 Å². The summed E-state index contributed by atoms with van der Waals surface area (Å²) in [6, 6.07) is 15.3. The van der Waals surface area contributed by atoms with Crippen molar-refractivity contribution in [2.24, 2.45) is 4.99 Å². The van der Waals surface area contributed by atoms with Crippen molar-refractivity contribution in [2.45, 2.75) is 33.6 Å². The predicted molar refractivity (Wildman–Crippen MR) is 115 cm³/mol. The zero-order chi connectivity index (χ0) is 20.4. The first-order chi connectivity index (χ1) is 13.3. The molecule has 0 fully saturated rings. The Bertz CT molecular complexity index is 1050. The highest BCUT2D eigenvalue weighted by Crippen LogP contribution is 2.25. The number of halogens is 1. The van der Waals surface area contributed by atoms with Crippen molar-refractivity contribution in [3.05, 3.63) is 81.6 Å². The Labute approximate surface area is 170 Å². The summed E-state index contributed by atoms with van der Waals surface area (Å²) < 4.78 is 2.04. The molecule has 1 N–H and O–H groups in total. The third-order valence-corrected chi connectivity index (χ3v) is 5.14. The number of carboxylic acids is 1. The normalized spacial score (nSPS) is 11.5. The van der Waals surface area contributed by atoms with Gasteiger partial charge in [0.2, 0.25) is 0 Å². The van der Waals surface area contributed by atoms with Gasteiger partial charge in [0.1, 0.15) is 0 Å². The summed E-state index contributed by atoms with van der Waals surface area (Å²) in [4.78, 5) is 15.8. The number of benzene rings is 2. The van der Waals surface area contributed by atoms with Gasteiger partial charge in [0.05, 0.1) is 16.3 Å². The molecule has 0 saturated heterocycles. The summed E-state index contributed by atoms with van der Waals surface area (Å²) in [5.74, 6) is -0.537. The van der Waals surface area contributed by atoms with Gasteiger partial charge in [-0.05, 0) is 61.7 Å². The van der Waals surface area contributed by atoms with Crippen LogP contribution in [-0.2, 0) is 0 Å². The minimum atomic E-state index is -1.03. The van der Waals surface area contributed by atoms with Crippen molar-refractivity contribution >= 4 is 29.5 Å². The van der Waals surface area contributed by atoms with Gasteiger partial charge in [0.25, 0.3) is 0 Å². The van der Waals surface area contributed by atoms with Gasteiger partial charge in [0, 0.05) is 28.9 Å². The van der Waals surface area contributed by atoms with Crippen molar-refractivity contribution in [2.75, 3.05) is 0 Å². The van der Waals surface area contributed by atoms with Crippen LogP contribution in [0.3, 0.4) is 0 Å². The Kier molecular flexibility index (Phi) is 5.71. The molecule has 0 amide bonds. The Balaban J connectivity index is 1.91. The first kappa shape index (κ1) is 19.9. The van der Waals surface area contributed by atoms with Gasteiger partial charge in [0.15, 0.2) is 0 Å². The number of aromatic nitrogens is 1. The quantitative estimate of drug-likeness (QED) is 0.515. The first-order valence-corrected chi connectivity index (χ1v) is 9.52. The minimum absolute atomic E-state index is 0.0968. The Morgan fingerprint density at radius 1 is 1.11 bits per heavy atom. The lowest BCUT2D eigenvalue weighted by Gasteiger charge is -2.11. The van der Waals surface area contributed by atoms with Gasteiger partial charge >= 0.3 is 5.97 Å². The van der Waals surface area contributed by atoms with Crippen molar-refractivity contribution < 1.29 is 9.90 Å². The summed E-state index contributed by atoms with van der Waals surface area (Å²) >= 11 is 6.14. The van der Waals surface area contributed by atoms with E-state index in [2.05, 4.69) is 37.0 Å². The summed E-state index contributed by atoms with van der Waals surface area (Å²) in [5.41, 5.74) is 6.16. The summed E-state index contributed by atoms with van der Waals surface area (Å²) in [6.45, 7) is 8.35. The Morgan fingerprint density at radius 3 is 2.36 bits per heavy atom. The van der Waals surface area contributed by atoms with Gasteiger partial charge in [-0.25, -0.2) is 4.79 Å². The molecule has 0 unspecified atom stereocenters. The standard InChI is InChI=1S/C23H23ClN2O2/c1-14(2)17-5-7-19(8-6-17)25-13-18-11-15(3)26(16(18)4)20-9-10-21(23(27)28)22(24)12-20/h5-14H,1-4H3,(H,27,28). The third kappa shape index (κ3) is 4.02. The predicted octanol–water partition coefficient (Wildman–Crippen LogP) is 6.32. The van der Waals surface area contributed by atoms with Crippen LogP contribution in [-0.4, -0.2) is 21.9 Å². The molecule has 0 bridgehead atoms. The van der Waals surface area contributed by atoms with E-state index in [1.54, 1.807) is 12.1 Å². The van der Waals surface area contributed by atoms with Crippen molar-refractivity contribution in [1.29, 1.82) is 0 Å². The van der Waals surface area contributed by atoms with Crippen LogP contribution < -0.4 is 0 Å². The molecule has 0 radical (unpaired) electrons. The molecule has 3 rings (SSSR count). The summed E-state index contributed by atoms with van der Waals surface area (Å²) in [6.07, 6.45) is 1.86. The molecule has 2 aromatic carbocycles. The molecule has 144 valence electrons. The number of aliphatic imine (C=N–C) groups is 1. The van der Waals surface area contributed by atoms with E-state index in [0.717, 1.165) is 28.3 Å². The van der Waals surface area contributed by atoms with E-state index < -0.39 is 5.97 Å². The zero-order valence-corrected chi connectivity index (χ0v) is 17.2. The maximum absolute atomic E-state index is 11.2. The summed E-state index contributed by atoms with van der Waals surface area (Å²) in [7, 11) is 0. The fourth-order valence-corrected chi connectivity index (χ4v) is 3.48. The van der Waals surface area contributed by atoms with E-state index in [1.807, 2.05) is 36.8 Å². The van der Waals surface area contributed by atoms with Crippen molar-refractivity contribution in [1.82, 2.24) is 4.57 Å².